The number of aryl methyl sites for hydroxylation is 1. The number of nitrogens with zero attached hydrogens (tertiary/aromatic N) is 3. The van der Waals surface area contributed by atoms with Gasteiger partial charge in [0.1, 0.15) is 6.54 Å². The van der Waals surface area contributed by atoms with Crippen LogP contribution in [0.5, 0.6) is 0 Å². The zero-order chi connectivity index (χ0) is 15.2. The third-order valence-corrected chi connectivity index (χ3v) is 3.50. The third kappa shape index (κ3) is 3.84. The summed E-state index contributed by atoms with van der Waals surface area (Å²) in [4.78, 5) is 14.2. The maximum absolute atomic E-state index is 12.0. The highest BCUT2D eigenvalue weighted by molar-refractivity contribution is 5.90. The van der Waals surface area contributed by atoms with Crippen LogP contribution in [-0.2, 0) is 11.3 Å². The standard InChI is InChI=1S/C16H22N4O/c1-4-19(5-2)15-8-6-14(7-9-15)18-16(21)12-20-13(3)10-11-17-20/h6-11H,4-5,12H2,1-3H3,(H,18,21). The SMILES string of the molecule is CCN(CC)c1ccc(NC(=O)Cn2nccc2C)cc1. The Morgan fingerprint density at radius 2 is 1.86 bits per heavy atom. The maximum atomic E-state index is 12.0. The van der Waals surface area contributed by atoms with E-state index in [0.29, 0.717) is 0 Å². The first-order chi connectivity index (χ1) is 10.1. The van der Waals surface area contributed by atoms with Crippen molar-refractivity contribution in [2.24, 2.45) is 0 Å². The molecule has 0 atom stereocenters. The summed E-state index contributed by atoms with van der Waals surface area (Å²) in [5, 5.41) is 7.00. The number of anilines is 2. The van der Waals surface area contributed by atoms with E-state index in [1.54, 1.807) is 10.9 Å². The van der Waals surface area contributed by atoms with E-state index in [9.17, 15) is 4.79 Å². The fourth-order valence-electron chi connectivity index (χ4n) is 2.25. The number of aromatic nitrogens is 2. The molecule has 1 aromatic heterocycles. The van der Waals surface area contributed by atoms with E-state index >= 15 is 0 Å². The zero-order valence-corrected chi connectivity index (χ0v) is 12.8. The molecular weight excluding hydrogens is 264 g/mol. The quantitative estimate of drug-likeness (QED) is 0.888. The van der Waals surface area contributed by atoms with Crippen LogP contribution in [0.4, 0.5) is 11.4 Å². The lowest BCUT2D eigenvalue weighted by Gasteiger charge is -2.21. The summed E-state index contributed by atoms with van der Waals surface area (Å²) >= 11 is 0. The highest BCUT2D eigenvalue weighted by Crippen LogP contribution is 2.17. The molecule has 0 fully saturated rings. The Labute approximate surface area is 125 Å². The molecule has 0 radical (unpaired) electrons. The second-order valence-corrected chi connectivity index (χ2v) is 4.90. The lowest BCUT2D eigenvalue weighted by molar-refractivity contribution is -0.116. The van der Waals surface area contributed by atoms with Crippen molar-refractivity contribution in [3.8, 4) is 0 Å². The second-order valence-electron chi connectivity index (χ2n) is 4.90. The van der Waals surface area contributed by atoms with Crippen molar-refractivity contribution in [1.29, 1.82) is 0 Å². The number of hydrogen-bond acceptors (Lipinski definition) is 3. The van der Waals surface area contributed by atoms with Crippen LogP contribution in [-0.4, -0.2) is 28.8 Å². The van der Waals surface area contributed by atoms with Gasteiger partial charge in [0, 0.05) is 36.4 Å². The summed E-state index contributed by atoms with van der Waals surface area (Å²) in [7, 11) is 0. The Bertz CT molecular complexity index is 585. The van der Waals surface area contributed by atoms with Crippen molar-refractivity contribution < 1.29 is 4.79 Å². The van der Waals surface area contributed by atoms with Gasteiger partial charge in [0.15, 0.2) is 0 Å². The fraction of sp³-hybridized carbons (Fsp3) is 0.375. The number of nitrogens with one attached hydrogen (secondary N) is 1. The van der Waals surface area contributed by atoms with Gasteiger partial charge in [-0.15, -0.1) is 0 Å². The van der Waals surface area contributed by atoms with Gasteiger partial charge in [-0.3, -0.25) is 9.48 Å². The Morgan fingerprint density at radius 3 is 2.38 bits per heavy atom. The van der Waals surface area contributed by atoms with E-state index in [0.717, 1.165) is 24.5 Å². The van der Waals surface area contributed by atoms with Gasteiger partial charge >= 0.3 is 0 Å². The summed E-state index contributed by atoms with van der Waals surface area (Å²) in [5.41, 5.74) is 2.95. The van der Waals surface area contributed by atoms with Gasteiger partial charge in [0.05, 0.1) is 0 Å². The number of carbonyl (C=O) groups excluding carboxylic acids is 1. The van der Waals surface area contributed by atoms with E-state index in [-0.39, 0.29) is 12.5 Å². The lowest BCUT2D eigenvalue weighted by Crippen LogP contribution is -2.22. The molecule has 0 aliphatic carbocycles. The summed E-state index contributed by atoms with van der Waals surface area (Å²) in [6.07, 6.45) is 1.70. The number of carbonyl (C=O) groups is 1. The molecule has 2 aromatic rings. The molecule has 112 valence electrons. The average molecular weight is 286 g/mol. The Hall–Kier alpha value is -2.30. The predicted octanol–water partition coefficient (Wildman–Crippen LogP) is 2.68. The van der Waals surface area contributed by atoms with Gasteiger partial charge in [0.2, 0.25) is 5.91 Å². The number of amides is 1. The molecule has 5 nitrogen and oxygen atoms in total. The van der Waals surface area contributed by atoms with Gasteiger partial charge in [-0.2, -0.15) is 5.10 Å². The first kappa shape index (κ1) is 15.1. The smallest absolute Gasteiger partial charge is 0.246 e. The summed E-state index contributed by atoms with van der Waals surface area (Å²) < 4.78 is 1.68. The van der Waals surface area contributed by atoms with Crippen LogP contribution in [0.1, 0.15) is 19.5 Å². The fourth-order valence-corrected chi connectivity index (χ4v) is 2.25. The van der Waals surface area contributed by atoms with E-state index in [1.807, 2.05) is 37.3 Å². The molecule has 0 saturated heterocycles. The minimum absolute atomic E-state index is 0.0719. The minimum Gasteiger partial charge on any atom is -0.372 e. The third-order valence-electron chi connectivity index (χ3n) is 3.50. The van der Waals surface area contributed by atoms with Crippen molar-refractivity contribution in [2.75, 3.05) is 23.3 Å². The molecule has 0 unspecified atom stereocenters. The van der Waals surface area contributed by atoms with Crippen LogP contribution in [0, 0.1) is 6.92 Å². The van der Waals surface area contributed by atoms with E-state index in [2.05, 4.69) is 29.2 Å². The first-order valence-corrected chi connectivity index (χ1v) is 7.27. The lowest BCUT2D eigenvalue weighted by atomic mass is 10.2. The van der Waals surface area contributed by atoms with Gasteiger partial charge in [-0.1, -0.05) is 0 Å². The molecule has 1 heterocycles. The van der Waals surface area contributed by atoms with Gasteiger partial charge in [0.25, 0.3) is 0 Å². The van der Waals surface area contributed by atoms with Gasteiger partial charge in [-0.25, -0.2) is 0 Å². The predicted molar refractivity (Wildman–Crippen MR) is 85.6 cm³/mol. The van der Waals surface area contributed by atoms with Crippen LogP contribution >= 0.6 is 0 Å². The number of benzene rings is 1. The molecule has 0 aliphatic rings. The van der Waals surface area contributed by atoms with Crippen LogP contribution in [0.2, 0.25) is 0 Å². The molecule has 1 N–H and O–H groups in total. The van der Waals surface area contributed by atoms with Crippen LogP contribution in [0.15, 0.2) is 36.5 Å². The summed E-state index contributed by atoms with van der Waals surface area (Å²) in [5.74, 6) is -0.0719. The van der Waals surface area contributed by atoms with E-state index in [1.165, 1.54) is 5.69 Å². The van der Waals surface area contributed by atoms with Crippen LogP contribution in [0.25, 0.3) is 0 Å². The minimum atomic E-state index is -0.0719. The maximum Gasteiger partial charge on any atom is 0.246 e. The second kappa shape index (κ2) is 6.92. The topological polar surface area (TPSA) is 50.2 Å². The van der Waals surface area contributed by atoms with Crippen LogP contribution in [0.3, 0.4) is 0 Å². The highest BCUT2D eigenvalue weighted by Gasteiger charge is 2.07. The number of rotatable bonds is 6. The zero-order valence-electron chi connectivity index (χ0n) is 12.8. The molecule has 0 bridgehead atoms. The van der Waals surface area contributed by atoms with Gasteiger partial charge < -0.3 is 10.2 Å². The summed E-state index contributed by atoms with van der Waals surface area (Å²) in [6, 6.07) is 9.80. The van der Waals surface area contributed by atoms with Gasteiger partial charge in [-0.05, 0) is 51.1 Å². The van der Waals surface area contributed by atoms with Crippen molar-refractivity contribution in [3.05, 3.63) is 42.2 Å². The summed E-state index contributed by atoms with van der Waals surface area (Å²) in [6.45, 7) is 8.37. The average Bonchev–Trinajstić information content (AvgIpc) is 2.87. The van der Waals surface area contributed by atoms with Crippen molar-refractivity contribution in [2.45, 2.75) is 27.3 Å². The molecule has 21 heavy (non-hydrogen) atoms. The molecule has 0 spiro atoms. The first-order valence-electron chi connectivity index (χ1n) is 7.27. The number of hydrogen-bond donors (Lipinski definition) is 1. The molecule has 0 saturated carbocycles. The molecule has 1 amide bonds. The molecular formula is C16H22N4O. The largest absolute Gasteiger partial charge is 0.372 e. The monoisotopic (exact) mass is 286 g/mol. The van der Waals surface area contributed by atoms with Crippen molar-refractivity contribution >= 4 is 17.3 Å². The Balaban J connectivity index is 1.97. The molecule has 2 rings (SSSR count). The van der Waals surface area contributed by atoms with E-state index < -0.39 is 0 Å². The Morgan fingerprint density at radius 1 is 1.19 bits per heavy atom. The Kier molecular flexibility index (Phi) is 4.98. The molecule has 1 aromatic carbocycles. The van der Waals surface area contributed by atoms with Crippen molar-refractivity contribution in [1.82, 2.24) is 9.78 Å². The molecule has 0 aliphatic heterocycles. The molecule has 5 heteroatoms. The van der Waals surface area contributed by atoms with Crippen LogP contribution < -0.4 is 10.2 Å². The highest BCUT2D eigenvalue weighted by atomic mass is 16.2. The normalized spacial score (nSPS) is 10.4. The van der Waals surface area contributed by atoms with E-state index in [4.69, 9.17) is 0 Å². The van der Waals surface area contributed by atoms with Crippen molar-refractivity contribution in [3.63, 3.8) is 0 Å².